The first-order chi connectivity index (χ1) is 9.08. The van der Waals surface area contributed by atoms with Gasteiger partial charge in [0, 0.05) is 18.5 Å². The molecule has 0 aliphatic carbocycles. The van der Waals surface area contributed by atoms with Crippen molar-refractivity contribution in [2.45, 2.75) is 13.5 Å². The molecule has 0 saturated heterocycles. The second kappa shape index (κ2) is 5.51. The molecule has 5 nitrogen and oxygen atoms in total. The number of aryl methyl sites for hydroxylation is 1. The van der Waals surface area contributed by atoms with Crippen LogP contribution >= 0.6 is 0 Å². The minimum Gasteiger partial charge on any atom is -0.491 e. The number of benzene rings is 1. The van der Waals surface area contributed by atoms with E-state index in [0.29, 0.717) is 6.54 Å². The van der Waals surface area contributed by atoms with Gasteiger partial charge in [0.15, 0.2) is 0 Å². The smallest absolute Gasteiger partial charge is 0.339 e. The molecule has 100 valence electrons. The lowest BCUT2D eigenvalue weighted by Gasteiger charge is -2.10. The number of halogens is 1. The van der Waals surface area contributed by atoms with Gasteiger partial charge < -0.3 is 14.4 Å². The Kier molecular flexibility index (Phi) is 3.79. The third kappa shape index (κ3) is 3.09. The van der Waals surface area contributed by atoms with Crippen LogP contribution < -0.4 is 4.74 Å². The third-order valence-electron chi connectivity index (χ3n) is 2.69. The number of imidazole rings is 1. The van der Waals surface area contributed by atoms with E-state index in [2.05, 4.69) is 4.98 Å². The first-order valence-corrected chi connectivity index (χ1v) is 5.71. The standard InChI is InChI=1S/C13H13FN2O3/c1-9-15-4-5-16(9)6-7-19-12-8-10(14)2-3-11(12)13(17)18/h2-5,8H,6-7H2,1H3,(H,17,18). The average Bonchev–Trinajstić information content (AvgIpc) is 2.75. The first-order valence-electron chi connectivity index (χ1n) is 5.71. The summed E-state index contributed by atoms with van der Waals surface area (Å²) in [6.07, 6.45) is 3.46. The summed E-state index contributed by atoms with van der Waals surface area (Å²) in [5.74, 6) is -0.806. The van der Waals surface area contributed by atoms with Crippen LogP contribution in [0.1, 0.15) is 16.2 Å². The Hall–Kier alpha value is -2.37. The zero-order valence-corrected chi connectivity index (χ0v) is 10.3. The Morgan fingerprint density at radius 2 is 2.32 bits per heavy atom. The minimum atomic E-state index is -1.14. The number of ether oxygens (including phenoxy) is 1. The molecule has 0 radical (unpaired) electrons. The van der Waals surface area contributed by atoms with Gasteiger partial charge in [-0.25, -0.2) is 14.2 Å². The van der Waals surface area contributed by atoms with Crippen LogP contribution in [-0.4, -0.2) is 27.2 Å². The summed E-state index contributed by atoms with van der Waals surface area (Å²) in [5, 5.41) is 8.97. The number of hydrogen-bond donors (Lipinski definition) is 1. The van der Waals surface area contributed by atoms with Crippen molar-refractivity contribution >= 4 is 5.97 Å². The van der Waals surface area contributed by atoms with Crippen LogP contribution in [-0.2, 0) is 6.54 Å². The van der Waals surface area contributed by atoms with E-state index in [9.17, 15) is 9.18 Å². The van der Waals surface area contributed by atoms with Crippen molar-refractivity contribution in [1.29, 1.82) is 0 Å². The molecular formula is C13H13FN2O3. The maximum absolute atomic E-state index is 13.1. The Balaban J connectivity index is 2.05. The van der Waals surface area contributed by atoms with E-state index in [1.54, 1.807) is 12.4 Å². The van der Waals surface area contributed by atoms with Crippen molar-refractivity contribution in [3.8, 4) is 5.75 Å². The SMILES string of the molecule is Cc1nccn1CCOc1cc(F)ccc1C(=O)O. The molecule has 1 heterocycles. The van der Waals surface area contributed by atoms with Gasteiger partial charge in [0.2, 0.25) is 0 Å². The topological polar surface area (TPSA) is 64.4 Å². The highest BCUT2D eigenvalue weighted by molar-refractivity contribution is 5.90. The van der Waals surface area contributed by atoms with Gasteiger partial charge in [-0.05, 0) is 19.1 Å². The Morgan fingerprint density at radius 1 is 1.53 bits per heavy atom. The summed E-state index contributed by atoms with van der Waals surface area (Å²) in [5.41, 5.74) is -0.0521. The van der Waals surface area contributed by atoms with Gasteiger partial charge in [0.1, 0.15) is 29.6 Å². The fourth-order valence-electron chi connectivity index (χ4n) is 1.69. The molecule has 2 rings (SSSR count). The number of carboxylic acids is 1. The van der Waals surface area contributed by atoms with E-state index < -0.39 is 11.8 Å². The molecule has 0 atom stereocenters. The summed E-state index contributed by atoms with van der Waals surface area (Å²) in [6.45, 7) is 2.60. The summed E-state index contributed by atoms with van der Waals surface area (Å²) in [7, 11) is 0. The molecule has 0 saturated carbocycles. The van der Waals surface area contributed by atoms with Gasteiger partial charge >= 0.3 is 5.97 Å². The number of carbonyl (C=O) groups is 1. The van der Waals surface area contributed by atoms with Crippen molar-refractivity contribution in [3.05, 3.63) is 47.8 Å². The number of hydrogen-bond acceptors (Lipinski definition) is 3. The highest BCUT2D eigenvalue weighted by Gasteiger charge is 2.12. The number of nitrogens with zero attached hydrogens (tertiary/aromatic N) is 2. The molecule has 0 spiro atoms. The van der Waals surface area contributed by atoms with E-state index in [4.69, 9.17) is 9.84 Å². The van der Waals surface area contributed by atoms with Gasteiger partial charge in [-0.15, -0.1) is 0 Å². The first kappa shape index (κ1) is 13.1. The van der Waals surface area contributed by atoms with Crippen molar-refractivity contribution in [3.63, 3.8) is 0 Å². The largest absolute Gasteiger partial charge is 0.491 e. The summed E-state index contributed by atoms with van der Waals surface area (Å²) in [6, 6.07) is 3.36. The third-order valence-corrected chi connectivity index (χ3v) is 2.69. The molecule has 0 bridgehead atoms. The molecule has 19 heavy (non-hydrogen) atoms. The summed E-state index contributed by atoms with van der Waals surface area (Å²) < 4.78 is 20.3. The maximum Gasteiger partial charge on any atom is 0.339 e. The van der Waals surface area contributed by atoms with Gasteiger partial charge in [0.05, 0.1) is 6.54 Å². The lowest BCUT2D eigenvalue weighted by molar-refractivity contribution is 0.0692. The zero-order chi connectivity index (χ0) is 13.8. The van der Waals surface area contributed by atoms with Crippen LogP contribution in [0.15, 0.2) is 30.6 Å². The fraction of sp³-hybridized carbons (Fsp3) is 0.231. The Morgan fingerprint density at radius 3 is 2.95 bits per heavy atom. The van der Waals surface area contributed by atoms with Crippen LogP contribution in [0.2, 0.25) is 0 Å². The minimum absolute atomic E-state index is 0.0327. The molecule has 0 aliphatic rings. The molecule has 0 fully saturated rings. The number of aromatic nitrogens is 2. The van der Waals surface area contributed by atoms with Gasteiger partial charge in [-0.3, -0.25) is 0 Å². The van der Waals surface area contributed by atoms with Crippen molar-refractivity contribution in [2.75, 3.05) is 6.61 Å². The predicted molar refractivity (Wildman–Crippen MR) is 65.8 cm³/mol. The van der Waals surface area contributed by atoms with E-state index in [-0.39, 0.29) is 17.9 Å². The zero-order valence-electron chi connectivity index (χ0n) is 10.3. The van der Waals surface area contributed by atoms with Gasteiger partial charge in [0.25, 0.3) is 0 Å². The number of aromatic carboxylic acids is 1. The molecule has 0 unspecified atom stereocenters. The van der Waals surface area contributed by atoms with E-state index in [1.807, 2.05) is 11.5 Å². The van der Waals surface area contributed by atoms with E-state index in [1.165, 1.54) is 6.07 Å². The average molecular weight is 264 g/mol. The summed E-state index contributed by atoms with van der Waals surface area (Å²) in [4.78, 5) is 15.0. The molecule has 1 N–H and O–H groups in total. The molecule has 0 aliphatic heterocycles. The predicted octanol–water partition coefficient (Wildman–Crippen LogP) is 2.11. The van der Waals surface area contributed by atoms with Crippen molar-refractivity contribution in [1.82, 2.24) is 9.55 Å². The maximum atomic E-state index is 13.1. The second-order valence-corrected chi connectivity index (χ2v) is 3.96. The highest BCUT2D eigenvalue weighted by Crippen LogP contribution is 2.20. The van der Waals surface area contributed by atoms with Crippen LogP contribution in [0.5, 0.6) is 5.75 Å². The van der Waals surface area contributed by atoms with Crippen LogP contribution in [0.3, 0.4) is 0 Å². The highest BCUT2D eigenvalue weighted by atomic mass is 19.1. The van der Waals surface area contributed by atoms with Gasteiger partial charge in [-0.1, -0.05) is 0 Å². The molecule has 6 heteroatoms. The van der Waals surface area contributed by atoms with E-state index in [0.717, 1.165) is 18.0 Å². The lowest BCUT2D eigenvalue weighted by Crippen LogP contribution is -2.11. The van der Waals surface area contributed by atoms with Crippen LogP contribution in [0, 0.1) is 12.7 Å². The second-order valence-electron chi connectivity index (χ2n) is 3.96. The lowest BCUT2D eigenvalue weighted by atomic mass is 10.2. The molecule has 2 aromatic rings. The molecule has 1 aromatic carbocycles. The Bertz CT molecular complexity index is 595. The van der Waals surface area contributed by atoms with Crippen LogP contribution in [0.4, 0.5) is 4.39 Å². The van der Waals surface area contributed by atoms with Crippen molar-refractivity contribution in [2.24, 2.45) is 0 Å². The van der Waals surface area contributed by atoms with E-state index >= 15 is 0 Å². The quantitative estimate of drug-likeness (QED) is 0.898. The number of carboxylic acid groups (broad SMARTS) is 1. The molecule has 0 amide bonds. The Labute approximate surface area is 109 Å². The normalized spacial score (nSPS) is 10.4. The van der Waals surface area contributed by atoms with Crippen LogP contribution in [0.25, 0.3) is 0 Å². The molecular weight excluding hydrogens is 251 g/mol. The van der Waals surface area contributed by atoms with Gasteiger partial charge in [-0.2, -0.15) is 0 Å². The molecule has 1 aromatic heterocycles. The number of rotatable bonds is 5. The fourth-order valence-corrected chi connectivity index (χ4v) is 1.69. The van der Waals surface area contributed by atoms with Crippen molar-refractivity contribution < 1.29 is 19.0 Å². The monoisotopic (exact) mass is 264 g/mol. The summed E-state index contributed by atoms with van der Waals surface area (Å²) >= 11 is 0.